The third-order valence-corrected chi connectivity index (χ3v) is 1.95. The van der Waals surface area contributed by atoms with Crippen LogP contribution in [-0.2, 0) is 11.4 Å². The molecule has 1 unspecified atom stereocenters. The summed E-state index contributed by atoms with van der Waals surface area (Å²) in [5.41, 5.74) is 3.22. The van der Waals surface area contributed by atoms with Gasteiger partial charge in [-0.05, 0) is 18.6 Å². The Hall–Kier alpha value is -1.00. The van der Waals surface area contributed by atoms with E-state index in [-0.39, 0.29) is 12.1 Å². The Morgan fingerprint density at radius 1 is 1.50 bits per heavy atom. The number of hydrogen-bond acceptors (Lipinski definition) is 2. The standard InChI is InChI=1S/C10H13F2NO/c1-7(11)10-8(6-13-14-2)4-3-5-9(10)12/h3-5,7,13H,6H2,1-2H3. The van der Waals surface area contributed by atoms with E-state index in [9.17, 15) is 8.78 Å². The number of rotatable bonds is 4. The Balaban J connectivity index is 2.96. The molecule has 1 rings (SSSR count). The third-order valence-electron chi connectivity index (χ3n) is 1.95. The first-order valence-electron chi connectivity index (χ1n) is 4.34. The number of benzene rings is 1. The molecule has 1 atom stereocenters. The molecule has 0 aliphatic heterocycles. The van der Waals surface area contributed by atoms with E-state index in [0.717, 1.165) is 0 Å². The topological polar surface area (TPSA) is 21.3 Å². The van der Waals surface area contributed by atoms with Gasteiger partial charge in [0.2, 0.25) is 0 Å². The van der Waals surface area contributed by atoms with Gasteiger partial charge in [-0.2, -0.15) is 5.48 Å². The summed E-state index contributed by atoms with van der Waals surface area (Å²) < 4.78 is 26.3. The summed E-state index contributed by atoms with van der Waals surface area (Å²) in [4.78, 5) is 4.63. The minimum absolute atomic E-state index is 0.0945. The second-order valence-corrected chi connectivity index (χ2v) is 2.95. The molecule has 14 heavy (non-hydrogen) atoms. The highest BCUT2D eigenvalue weighted by atomic mass is 19.1. The molecule has 2 nitrogen and oxygen atoms in total. The van der Waals surface area contributed by atoms with Crippen molar-refractivity contribution in [2.45, 2.75) is 19.6 Å². The summed E-state index contributed by atoms with van der Waals surface area (Å²) in [7, 11) is 1.46. The molecule has 0 aliphatic carbocycles. The van der Waals surface area contributed by atoms with Crippen LogP contribution in [0.5, 0.6) is 0 Å². The average molecular weight is 201 g/mol. The first-order valence-corrected chi connectivity index (χ1v) is 4.34. The molecule has 0 spiro atoms. The van der Waals surface area contributed by atoms with E-state index in [1.165, 1.54) is 20.1 Å². The normalized spacial score (nSPS) is 12.9. The van der Waals surface area contributed by atoms with Gasteiger partial charge >= 0.3 is 0 Å². The lowest BCUT2D eigenvalue weighted by Gasteiger charge is -2.11. The SMILES string of the molecule is CONCc1cccc(F)c1C(C)F. The number of halogens is 2. The second kappa shape index (κ2) is 5.02. The fourth-order valence-electron chi connectivity index (χ4n) is 1.33. The lowest BCUT2D eigenvalue weighted by atomic mass is 10.0. The number of nitrogens with one attached hydrogen (secondary N) is 1. The summed E-state index contributed by atoms with van der Waals surface area (Å²) in [6.07, 6.45) is -1.31. The number of hydrogen-bond donors (Lipinski definition) is 1. The van der Waals surface area contributed by atoms with E-state index in [4.69, 9.17) is 0 Å². The van der Waals surface area contributed by atoms with Crippen LogP contribution in [0.2, 0.25) is 0 Å². The highest BCUT2D eigenvalue weighted by Crippen LogP contribution is 2.24. The van der Waals surface area contributed by atoms with Crippen LogP contribution in [0.1, 0.15) is 24.2 Å². The Bertz CT molecular complexity index is 302. The maximum absolute atomic E-state index is 13.2. The molecule has 1 aromatic rings. The molecule has 0 heterocycles. The van der Waals surface area contributed by atoms with Gasteiger partial charge in [-0.1, -0.05) is 12.1 Å². The van der Waals surface area contributed by atoms with Crippen LogP contribution in [0.15, 0.2) is 18.2 Å². The van der Waals surface area contributed by atoms with Crippen LogP contribution in [0.3, 0.4) is 0 Å². The Labute approximate surface area is 81.8 Å². The average Bonchev–Trinajstić information content (AvgIpc) is 2.14. The van der Waals surface area contributed by atoms with E-state index in [1.54, 1.807) is 12.1 Å². The smallest absolute Gasteiger partial charge is 0.129 e. The minimum atomic E-state index is -1.31. The first-order chi connectivity index (χ1) is 6.66. The van der Waals surface area contributed by atoms with Gasteiger partial charge in [0.05, 0.1) is 7.11 Å². The number of hydroxylamine groups is 1. The molecule has 0 bridgehead atoms. The quantitative estimate of drug-likeness (QED) is 0.756. The van der Waals surface area contributed by atoms with Crippen molar-refractivity contribution in [1.82, 2.24) is 5.48 Å². The lowest BCUT2D eigenvalue weighted by Crippen LogP contribution is -2.13. The van der Waals surface area contributed by atoms with E-state index in [2.05, 4.69) is 10.3 Å². The monoisotopic (exact) mass is 201 g/mol. The fraction of sp³-hybridized carbons (Fsp3) is 0.400. The van der Waals surface area contributed by atoms with Crippen molar-refractivity contribution in [2.75, 3.05) is 7.11 Å². The Kier molecular flexibility index (Phi) is 3.98. The van der Waals surface area contributed by atoms with E-state index in [0.29, 0.717) is 5.56 Å². The molecule has 78 valence electrons. The lowest BCUT2D eigenvalue weighted by molar-refractivity contribution is 0.0861. The van der Waals surface area contributed by atoms with Crippen molar-refractivity contribution < 1.29 is 13.6 Å². The van der Waals surface area contributed by atoms with Gasteiger partial charge in [-0.25, -0.2) is 8.78 Å². The highest BCUT2D eigenvalue weighted by Gasteiger charge is 2.14. The fourth-order valence-corrected chi connectivity index (χ4v) is 1.33. The van der Waals surface area contributed by atoms with Crippen molar-refractivity contribution in [3.8, 4) is 0 Å². The van der Waals surface area contributed by atoms with Crippen LogP contribution in [0.4, 0.5) is 8.78 Å². The van der Waals surface area contributed by atoms with E-state index >= 15 is 0 Å². The van der Waals surface area contributed by atoms with E-state index < -0.39 is 12.0 Å². The van der Waals surface area contributed by atoms with Crippen molar-refractivity contribution in [3.05, 3.63) is 35.1 Å². The maximum atomic E-state index is 13.2. The van der Waals surface area contributed by atoms with Crippen molar-refractivity contribution in [1.29, 1.82) is 0 Å². The van der Waals surface area contributed by atoms with Crippen LogP contribution >= 0.6 is 0 Å². The molecule has 0 saturated heterocycles. The van der Waals surface area contributed by atoms with Gasteiger partial charge < -0.3 is 4.84 Å². The van der Waals surface area contributed by atoms with Gasteiger partial charge in [0, 0.05) is 12.1 Å². The molecule has 0 amide bonds. The number of alkyl halides is 1. The minimum Gasteiger partial charge on any atom is -0.305 e. The van der Waals surface area contributed by atoms with Crippen molar-refractivity contribution in [2.24, 2.45) is 0 Å². The summed E-state index contributed by atoms with van der Waals surface area (Å²) in [6.45, 7) is 1.60. The van der Waals surface area contributed by atoms with Gasteiger partial charge in [0.15, 0.2) is 0 Å². The van der Waals surface area contributed by atoms with Gasteiger partial charge in [0.1, 0.15) is 12.0 Å². The van der Waals surface area contributed by atoms with Crippen LogP contribution in [0, 0.1) is 5.82 Å². The summed E-state index contributed by atoms with van der Waals surface area (Å²) >= 11 is 0. The largest absolute Gasteiger partial charge is 0.305 e. The van der Waals surface area contributed by atoms with Crippen molar-refractivity contribution >= 4 is 0 Å². The zero-order valence-electron chi connectivity index (χ0n) is 8.18. The molecule has 0 fully saturated rings. The third kappa shape index (κ3) is 2.49. The second-order valence-electron chi connectivity index (χ2n) is 2.95. The Morgan fingerprint density at radius 2 is 2.21 bits per heavy atom. The maximum Gasteiger partial charge on any atom is 0.129 e. The Morgan fingerprint density at radius 3 is 2.79 bits per heavy atom. The summed E-state index contributed by atoms with van der Waals surface area (Å²) in [5, 5.41) is 0. The van der Waals surface area contributed by atoms with Crippen LogP contribution in [-0.4, -0.2) is 7.11 Å². The predicted octanol–water partition coefficient (Wildman–Crippen LogP) is 2.51. The van der Waals surface area contributed by atoms with Gasteiger partial charge in [0.25, 0.3) is 0 Å². The van der Waals surface area contributed by atoms with Gasteiger partial charge in [-0.15, -0.1) is 0 Å². The van der Waals surface area contributed by atoms with E-state index in [1.807, 2.05) is 0 Å². The summed E-state index contributed by atoms with van der Waals surface area (Å²) in [5.74, 6) is -0.518. The molecule has 1 N–H and O–H groups in total. The van der Waals surface area contributed by atoms with Crippen molar-refractivity contribution in [3.63, 3.8) is 0 Å². The predicted molar refractivity (Wildman–Crippen MR) is 49.8 cm³/mol. The zero-order chi connectivity index (χ0) is 10.6. The molecule has 0 saturated carbocycles. The summed E-state index contributed by atoms with van der Waals surface area (Å²) in [6, 6.07) is 4.47. The molecular formula is C10H13F2NO. The molecule has 4 heteroatoms. The molecule has 0 radical (unpaired) electrons. The molecular weight excluding hydrogens is 188 g/mol. The molecule has 0 aliphatic rings. The van der Waals surface area contributed by atoms with Crippen LogP contribution < -0.4 is 5.48 Å². The highest BCUT2D eigenvalue weighted by molar-refractivity contribution is 5.30. The zero-order valence-corrected chi connectivity index (χ0v) is 8.18. The van der Waals surface area contributed by atoms with Gasteiger partial charge in [-0.3, -0.25) is 0 Å². The first kappa shape index (κ1) is 11.1. The molecule has 1 aromatic carbocycles. The van der Waals surface area contributed by atoms with Crippen LogP contribution in [0.25, 0.3) is 0 Å². The molecule has 0 aromatic heterocycles.